The summed E-state index contributed by atoms with van der Waals surface area (Å²) in [6.45, 7) is 0.121. The SMILES string of the molecule is OCCOOc1ccccc1CCO. The largest absolute Gasteiger partial charge is 0.396 e. The molecule has 0 heterocycles. The Morgan fingerprint density at radius 2 is 1.86 bits per heavy atom. The normalized spacial score (nSPS) is 10.1. The molecule has 2 N–H and O–H groups in total. The second kappa shape index (κ2) is 6.37. The van der Waals surface area contributed by atoms with E-state index in [9.17, 15) is 0 Å². The Hall–Kier alpha value is -1.10. The molecule has 0 atom stereocenters. The quantitative estimate of drug-likeness (QED) is 0.397. The number of hydrogen-bond donors (Lipinski definition) is 2. The van der Waals surface area contributed by atoms with Gasteiger partial charge in [0.25, 0.3) is 0 Å². The van der Waals surface area contributed by atoms with Gasteiger partial charge in [0.1, 0.15) is 6.61 Å². The summed E-state index contributed by atoms with van der Waals surface area (Å²) >= 11 is 0. The smallest absolute Gasteiger partial charge is 0.168 e. The monoisotopic (exact) mass is 198 g/mol. The Balaban J connectivity index is 2.55. The fourth-order valence-electron chi connectivity index (χ4n) is 1.05. The van der Waals surface area contributed by atoms with Gasteiger partial charge in [-0.25, -0.2) is 0 Å². The van der Waals surface area contributed by atoms with E-state index in [-0.39, 0.29) is 19.8 Å². The van der Waals surface area contributed by atoms with E-state index in [1.165, 1.54) is 0 Å². The molecule has 0 unspecified atom stereocenters. The lowest BCUT2D eigenvalue weighted by Crippen LogP contribution is -2.05. The Kier molecular flexibility index (Phi) is 4.99. The van der Waals surface area contributed by atoms with E-state index in [1.54, 1.807) is 6.07 Å². The van der Waals surface area contributed by atoms with Crippen LogP contribution in [0.3, 0.4) is 0 Å². The van der Waals surface area contributed by atoms with Crippen LogP contribution in [0.2, 0.25) is 0 Å². The molecule has 1 aromatic rings. The van der Waals surface area contributed by atoms with Crippen LogP contribution < -0.4 is 4.89 Å². The molecule has 0 amide bonds. The molecule has 0 aliphatic rings. The first-order chi connectivity index (χ1) is 6.88. The maximum Gasteiger partial charge on any atom is 0.168 e. The molecule has 0 fully saturated rings. The van der Waals surface area contributed by atoms with E-state index < -0.39 is 0 Å². The molecule has 4 heteroatoms. The van der Waals surface area contributed by atoms with E-state index >= 15 is 0 Å². The minimum atomic E-state index is -0.0812. The van der Waals surface area contributed by atoms with E-state index in [0.29, 0.717) is 12.2 Å². The third kappa shape index (κ3) is 3.33. The van der Waals surface area contributed by atoms with Gasteiger partial charge in [-0.15, -0.1) is 0 Å². The van der Waals surface area contributed by atoms with Crippen molar-refractivity contribution in [2.45, 2.75) is 6.42 Å². The van der Waals surface area contributed by atoms with Crippen molar-refractivity contribution in [2.75, 3.05) is 19.8 Å². The Morgan fingerprint density at radius 1 is 1.07 bits per heavy atom. The van der Waals surface area contributed by atoms with E-state index in [1.807, 2.05) is 18.2 Å². The molecular weight excluding hydrogens is 184 g/mol. The number of para-hydroxylation sites is 1. The highest BCUT2D eigenvalue weighted by atomic mass is 17.2. The predicted octanol–water partition coefficient (Wildman–Crippen LogP) is 0.524. The van der Waals surface area contributed by atoms with Crippen LogP contribution in [0.4, 0.5) is 0 Å². The van der Waals surface area contributed by atoms with Crippen molar-refractivity contribution in [3.05, 3.63) is 29.8 Å². The van der Waals surface area contributed by atoms with Crippen molar-refractivity contribution < 1.29 is 20.0 Å². The molecule has 78 valence electrons. The van der Waals surface area contributed by atoms with Crippen molar-refractivity contribution in [3.8, 4) is 5.75 Å². The van der Waals surface area contributed by atoms with Gasteiger partial charge in [0.15, 0.2) is 5.75 Å². The molecule has 0 aromatic heterocycles. The lowest BCUT2D eigenvalue weighted by atomic mass is 10.1. The predicted molar refractivity (Wildman–Crippen MR) is 50.9 cm³/mol. The zero-order chi connectivity index (χ0) is 10.2. The summed E-state index contributed by atoms with van der Waals surface area (Å²) in [6.07, 6.45) is 0.526. The minimum absolute atomic E-state index is 0.0698. The highest BCUT2D eigenvalue weighted by Gasteiger charge is 2.02. The lowest BCUT2D eigenvalue weighted by molar-refractivity contribution is -0.212. The zero-order valence-corrected chi connectivity index (χ0v) is 7.85. The average molecular weight is 198 g/mol. The number of aliphatic hydroxyl groups excluding tert-OH is 2. The molecule has 0 aliphatic heterocycles. The first kappa shape index (κ1) is 11.0. The molecule has 0 radical (unpaired) electrons. The van der Waals surface area contributed by atoms with Crippen molar-refractivity contribution >= 4 is 0 Å². The minimum Gasteiger partial charge on any atom is -0.396 e. The van der Waals surface area contributed by atoms with Crippen molar-refractivity contribution in [2.24, 2.45) is 0 Å². The number of rotatable bonds is 6. The van der Waals surface area contributed by atoms with Crippen molar-refractivity contribution in [1.82, 2.24) is 0 Å². The second-order valence-electron chi connectivity index (χ2n) is 2.71. The van der Waals surface area contributed by atoms with E-state index in [2.05, 4.69) is 0 Å². The Bertz CT molecular complexity index is 262. The fourth-order valence-corrected chi connectivity index (χ4v) is 1.05. The number of aliphatic hydroxyl groups is 2. The number of benzene rings is 1. The van der Waals surface area contributed by atoms with Gasteiger partial charge in [0.05, 0.1) is 6.61 Å². The topological polar surface area (TPSA) is 58.9 Å². The third-order valence-corrected chi connectivity index (χ3v) is 1.68. The van der Waals surface area contributed by atoms with Crippen LogP contribution in [0.15, 0.2) is 24.3 Å². The van der Waals surface area contributed by atoms with Gasteiger partial charge < -0.3 is 15.1 Å². The van der Waals surface area contributed by atoms with Gasteiger partial charge in [0.2, 0.25) is 0 Å². The van der Waals surface area contributed by atoms with Gasteiger partial charge in [-0.2, -0.15) is 4.89 Å². The highest BCUT2D eigenvalue weighted by Crippen LogP contribution is 2.18. The third-order valence-electron chi connectivity index (χ3n) is 1.68. The summed E-state index contributed by atoms with van der Waals surface area (Å²) in [6, 6.07) is 7.29. The summed E-state index contributed by atoms with van der Waals surface area (Å²) in [5.41, 5.74) is 0.882. The van der Waals surface area contributed by atoms with Crippen LogP contribution in [-0.4, -0.2) is 30.0 Å². The fraction of sp³-hybridized carbons (Fsp3) is 0.400. The summed E-state index contributed by atoms with van der Waals surface area (Å²) in [4.78, 5) is 9.68. The first-order valence-corrected chi connectivity index (χ1v) is 4.47. The van der Waals surface area contributed by atoms with Crippen LogP contribution in [0.1, 0.15) is 5.56 Å². The Labute approximate surface area is 82.6 Å². The zero-order valence-electron chi connectivity index (χ0n) is 7.85. The molecule has 1 rings (SSSR count). The van der Waals surface area contributed by atoms with Crippen LogP contribution in [0.5, 0.6) is 5.75 Å². The first-order valence-electron chi connectivity index (χ1n) is 4.47. The maximum absolute atomic E-state index is 8.78. The summed E-state index contributed by atoms with van der Waals surface area (Å²) in [7, 11) is 0. The molecule has 0 aliphatic carbocycles. The standard InChI is InChI=1S/C10H14O4/c11-6-5-9-3-1-2-4-10(9)14-13-8-7-12/h1-4,11-12H,5-8H2. The molecule has 0 saturated carbocycles. The van der Waals surface area contributed by atoms with Gasteiger partial charge in [-0.1, -0.05) is 18.2 Å². The maximum atomic E-state index is 8.78. The Morgan fingerprint density at radius 3 is 2.57 bits per heavy atom. The molecule has 0 bridgehead atoms. The van der Waals surface area contributed by atoms with Crippen LogP contribution >= 0.6 is 0 Å². The highest BCUT2D eigenvalue weighted by molar-refractivity contribution is 5.32. The van der Waals surface area contributed by atoms with Crippen LogP contribution in [-0.2, 0) is 11.3 Å². The summed E-state index contributed by atoms with van der Waals surface area (Å²) in [5, 5.41) is 17.3. The van der Waals surface area contributed by atoms with Gasteiger partial charge in [-0.05, 0) is 12.5 Å². The summed E-state index contributed by atoms with van der Waals surface area (Å²) < 4.78 is 0. The molecule has 4 nitrogen and oxygen atoms in total. The van der Waals surface area contributed by atoms with E-state index in [4.69, 9.17) is 20.0 Å². The molecule has 14 heavy (non-hydrogen) atoms. The molecule has 0 spiro atoms. The average Bonchev–Trinajstić information content (AvgIpc) is 2.21. The molecule has 0 saturated heterocycles. The second-order valence-corrected chi connectivity index (χ2v) is 2.71. The summed E-state index contributed by atoms with van der Waals surface area (Å²) in [5.74, 6) is 0.579. The molecule has 1 aromatic carbocycles. The van der Waals surface area contributed by atoms with Crippen LogP contribution in [0, 0.1) is 0 Å². The van der Waals surface area contributed by atoms with Gasteiger partial charge in [-0.3, -0.25) is 0 Å². The van der Waals surface area contributed by atoms with Gasteiger partial charge >= 0.3 is 0 Å². The van der Waals surface area contributed by atoms with Crippen molar-refractivity contribution in [3.63, 3.8) is 0 Å². The van der Waals surface area contributed by atoms with E-state index in [0.717, 1.165) is 5.56 Å². The lowest BCUT2D eigenvalue weighted by Gasteiger charge is -2.07. The van der Waals surface area contributed by atoms with Crippen molar-refractivity contribution in [1.29, 1.82) is 0 Å². The number of hydrogen-bond acceptors (Lipinski definition) is 4. The van der Waals surface area contributed by atoms with Crippen LogP contribution in [0.25, 0.3) is 0 Å². The molecular formula is C10H14O4. The van der Waals surface area contributed by atoms with Gasteiger partial charge in [0, 0.05) is 12.2 Å².